The second-order valence-electron chi connectivity index (χ2n) is 7.08. The van der Waals surface area contributed by atoms with Crippen LogP contribution in [-0.2, 0) is 4.79 Å². The van der Waals surface area contributed by atoms with Gasteiger partial charge in [0.1, 0.15) is 0 Å². The highest BCUT2D eigenvalue weighted by atomic mass is 16.3. The van der Waals surface area contributed by atoms with Crippen LogP contribution in [0.3, 0.4) is 0 Å². The lowest BCUT2D eigenvalue weighted by Gasteiger charge is -2.31. The largest absolute Gasteiger partial charge is 0.396 e. The summed E-state index contributed by atoms with van der Waals surface area (Å²) in [7, 11) is 0. The molecule has 0 aromatic rings. The molecule has 4 N–H and O–H groups in total. The molecule has 4 nitrogen and oxygen atoms in total. The molecule has 1 atom stereocenters. The molecule has 1 unspecified atom stereocenters. The maximum absolute atomic E-state index is 11.9. The molecule has 0 saturated carbocycles. The third kappa shape index (κ3) is 8.22. The van der Waals surface area contributed by atoms with Gasteiger partial charge in [-0.25, -0.2) is 0 Å². The van der Waals surface area contributed by atoms with E-state index in [9.17, 15) is 4.79 Å². The zero-order valence-corrected chi connectivity index (χ0v) is 13.3. The highest BCUT2D eigenvalue weighted by molar-refractivity contribution is 5.76. The number of nitrogens with one attached hydrogen (secondary N) is 1. The Morgan fingerprint density at radius 1 is 1.21 bits per heavy atom. The molecule has 0 bridgehead atoms. The van der Waals surface area contributed by atoms with Crippen molar-refractivity contribution in [2.75, 3.05) is 13.2 Å². The Bertz CT molecular complexity index is 270. The lowest BCUT2D eigenvalue weighted by Crippen LogP contribution is -2.44. The number of nitrogens with two attached hydrogens (primary N) is 1. The third-order valence-corrected chi connectivity index (χ3v) is 3.67. The van der Waals surface area contributed by atoms with E-state index in [0.29, 0.717) is 25.3 Å². The molecule has 0 radical (unpaired) electrons. The minimum atomic E-state index is -0.336. The van der Waals surface area contributed by atoms with E-state index in [1.807, 2.05) is 13.8 Å². The van der Waals surface area contributed by atoms with E-state index < -0.39 is 0 Å². The van der Waals surface area contributed by atoms with Gasteiger partial charge < -0.3 is 16.2 Å². The summed E-state index contributed by atoms with van der Waals surface area (Å²) < 4.78 is 0. The van der Waals surface area contributed by atoms with Gasteiger partial charge in [0.25, 0.3) is 0 Å². The van der Waals surface area contributed by atoms with Crippen LogP contribution in [0.5, 0.6) is 0 Å². The Hall–Kier alpha value is -0.610. The maximum atomic E-state index is 11.9. The van der Waals surface area contributed by atoms with E-state index in [0.717, 1.165) is 12.8 Å². The Labute approximate surface area is 118 Å². The zero-order valence-electron chi connectivity index (χ0n) is 13.3. The molecule has 114 valence electrons. The summed E-state index contributed by atoms with van der Waals surface area (Å²) in [5, 5.41) is 11.9. The number of hydrogen-bond donors (Lipinski definition) is 3. The first-order chi connectivity index (χ1) is 8.62. The first-order valence-corrected chi connectivity index (χ1v) is 7.24. The van der Waals surface area contributed by atoms with Crippen LogP contribution in [0, 0.1) is 11.3 Å². The van der Waals surface area contributed by atoms with Gasteiger partial charge in [-0.15, -0.1) is 0 Å². The van der Waals surface area contributed by atoms with E-state index in [4.69, 9.17) is 10.8 Å². The van der Waals surface area contributed by atoms with Gasteiger partial charge in [-0.1, -0.05) is 20.8 Å². The fraction of sp³-hybridized carbons (Fsp3) is 0.933. The molecule has 0 saturated heterocycles. The highest BCUT2D eigenvalue weighted by Gasteiger charge is 2.25. The van der Waals surface area contributed by atoms with Crippen molar-refractivity contribution in [3.63, 3.8) is 0 Å². The Balaban J connectivity index is 4.26. The van der Waals surface area contributed by atoms with Crippen molar-refractivity contribution in [3.8, 4) is 0 Å². The van der Waals surface area contributed by atoms with Crippen molar-refractivity contribution in [1.82, 2.24) is 5.32 Å². The van der Waals surface area contributed by atoms with Crippen LogP contribution < -0.4 is 11.1 Å². The quantitative estimate of drug-likeness (QED) is 0.633. The van der Waals surface area contributed by atoms with Gasteiger partial charge in [0.05, 0.1) is 0 Å². The summed E-state index contributed by atoms with van der Waals surface area (Å²) >= 11 is 0. The average molecular weight is 272 g/mol. The predicted octanol–water partition coefficient (Wildman–Crippen LogP) is 2.05. The molecule has 0 aliphatic heterocycles. The first kappa shape index (κ1) is 18.4. The van der Waals surface area contributed by atoms with Crippen molar-refractivity contribution in [2.24, 2.45) is 17.1 Å². The van der Waals surface area contributed by atoms with E-state index >= 15 is 0 Å². The van der Waals surface area contributed by atoms with Gasteiger partial charge in [-0.05, 0) is 51.0 Å². The third-order valence-electron chi connectivity index (χ3n) is 3.67. The van der Waals surface area contributed by atoms with Crippen LogP contribution in [0.1, 0.15) is 60.3 Å². The molecule has 0 spiro atoms. The Morgan fingerprint density at radius 3 is 2.21 bits per heavy atom. The Morgan fingerprint density at radius 2 is 1.79 bits per heavy atom. The SMILES string of the molecule is CC(C)(CCO)NC(=O)CCC(CCN)C(C)(C)C. The van der Waals surface area contributed by atoms with Gasteiger partial charge >= 0.3 is 0 Å². The zero-order chi connectivity index (χ0) is 15.1. The molecule has 4 heteroatoms. The van der Waals surface area contributed by atoms with Gasteiger partial charge in [-0.3, -0.25) is 4.79 Å². The fourth-order valence-electron chi connectivity index (χ4n) is 2.30. The van der Waals surface area contributed by atoms with Crippen molar-refractivity contribution in [3.05, 3.63) is 0 Å². The molecule has 0 rings (SSSR count). The van der Waals surface area contributed by atoms with Gasteiger partial charge in [0.2, 0.25) is 5.91 Å². The molecule has 19 heavy (non-hydrogen) atoms. The number of aliphatic hydroxyl groups is 1. The van der Waals surface area contributed by atoms with E-state index in [-0.39, 0.29) is 23.5 Å². The molecule has 0 aromatic heterocycles. The topological polar surface area (TPSA) is 75.3 Å². The van der Waals surface area contributed by atoms with Crippen LogP contribution in [0.25, 0.3) is 0 Å². The molecule has 0 aromatic carbocycles. The number of aliphatic hydroxyl groups excluding tert-OH is 1. The van der Waals surface area contributed by atoms with Crippen molar-refractivity contribution in [1.29, 1.82) is 0 Å². The minimum absolute atomic E-state index is 0.0599. The fourth-order valence-corrected chi connectivity index (χ4v) is 2.30. The second kappa shape index (κ2) is 7.85. The number of amides is 1. The Kier molecular flexibility index (Phi) is 7.60. The lowest BCUT2D eigenvalue weighted by molar-refractivity contribution is -0.123. The second-order valence-corrected chi connectivity index (χ2v) is 7.08. The van der Waals surface area contributed by atoms with Crippen LogP contribution in [0.15, 0.2) is 0 Å². The van der Waals surface area contributed by atoms with E-state index in [1.54, 1.807) is 0 Å². The normalized spacial score (nSPS) is 14.3. The lowest BCUT2D eigenvalue weighted by atomic mass is 9.76. The number of hydrogen-bond acceptors (Lipinski definition) is 3. The van der Waals surface area contributed by atoms with Crippen LogP contribution in [0.4, 0.5) is 0 Å². The molecular weight excluding hydrogens is 240 g/mol. The number of rotatable bonds is 8. The molecule has 0 heterocycles. The summed E-state index contributed by atoms with van der Waals surface area (Å²) in [6.07, 6.45) is 2.92. The van der Waals surface area contributed by atoms with Crippen molar-refractivity contribution in [2.45, 2.75) is 65.8 Å². The van der Waals surface area contributed by atoms with Crippen LogP contribution in [-0.4, -0.2) is 29.7 Å². The summed E-state index contributed by atoms with van der Waals surface area (Å²) in [5.41, 5.74) is 5.49. The van der Waals surface area contributed by atoms with Gasteiger partial charge in [-0.2, -0.15) is 0 Å². The summed E-state index contributed by atoms with van der Waals surface area (Å²) in [6.45, 7) is 11.2. The minimum Gasteiger partial charge on any atom is -0.396 e. The van der Waals surface area contributed by atoms with E-state index in [1.165, 1.54) is 0 Å². The smallest absolute Gasteiger partial charge is 0.220 e. The van der Waals surface area contributed by atoms with Gasteiger partial charge in [0, 0.05) is 18.6 Å². The molecule has 0 fully saturated rings. The highest BCUT2D eigenvalue weighted by Crippen LogP contribution is 2.32. The maximum Gasteiger partial charge on any atom is 0.220 e. The number of carbonyl (C=O) groups is 1. The van der Waals surface area contributed by atoms with Gasteiger partial charge in [0.15, 0.2) is 0 Å². The monoisotopic (exact) mass is 272 g/mol. The van der Waals surface area contributed by atoms with Crippen molar-refractivity contribution < 1.29 is 9.90 Å². The standard InChI is InChI=1S/C15H32N2O2/c1-14(2,3)12(8-10-16)6-7-13(19)17-15(4,5)9-11-18/h12,18H,6-11,16H2,1-5H3,(H,17,19). The van der Waals surface area contributed by atoms with Crippen LogP contribution in [0.2, 0.25) is 0 Å². The summed E-state index contributed by atoms with van der Waals surface area (Å²) in [5.74, 6) is 0.522. The summed E-state index contributed by atoms with van der Waals surface area (Å²) in [6, 6.07) is 0. The molecule has 1 amide bonds. The molecule has 0 aliphatic rings. The first-order valence-electron chi connectivity index (χ1n) is 7.24. The predicted molar refractivity (Wildman–Crippen MR) is 79.8 cm³/mol. The molecular formula is C15H32N2O2. The average Bonchev–Trinajstić information content (AvgIpc) is 2.21. The van der Waals surface area contributed by atoms with E-state index in [2.05, 4.69) is 26.1 Å². The van der Waals surface area contributed by atoms with Crippen LogP contribution >= 0.6 is 0 Å². The van der Waals surface area contributed by atoms with Crippen molar-refractivity contribution >= 4 is 5.91 Å². The summed E-state index contributed by atoms with van der Waals surface area (Å²) in [4.78, 5) is 11.9. The number of carbonyl (C=O) groups excluding carboxylic acids is 1. The molecule has 0 aliphatic carbocycles.